The molecule has 0 aromatic carbocycles. The largest absolute Gasteiger partial charge is 0.463 e. The van der Waals surface area contributed by atoms with Crippen molar-refractivity contribution in [3.8, 4) is 0 Å². The third-order valence-corrected chi connectivity index (χ3v) is 1.66. The summed E-state index contributed by atoms with van der Waals surface area (Å²) in [5.74, 6) is -0.873. The molecule has 0 amide bonds. The molecular weight excluding hydrogens is 208 g/mol. The topological polar surface area (TPSA) is 52.6 Å². The molecule has 0 radical (unpaired) electrons. The van der Waals surface area contributed by atoms with E-state index in [0.29, 0.717) is 5.57 Å². The van der Waals surface area contributed by atoms with E-state index in [1.54, 1.807) is 40.7 Å². The van der Waals surface area contributed by atoms with Crippen LogP contribution in [0.15, 0.2) is 11.6 Å². The van der Waals surface area contributed by atoms with Crippen LogP contribution in [0.5, 0.6) is 0 Å². The van der Waals surface area contributed by atoms with Gasteiger partial charge in [0.1, 0.15) is 0 Å². The number of rotatable bonds is 5. The van der Waals surface area contributed by atoms with Crippen molar-refractivity contribution in [2.75, 3.05) is 0 Å². The number of allylic oxidation sites excluding steroid dienone is 1. The number of esters is 2. The van der Waals surface area contributed by atoms with Gasteiger partial charge in [-0.05, 0) is 34.6 Å². The average Bonchev–Trinajstić information content (AvgIpc) is 2.11. The third kappa shape index (κ3) is 6.22. The second-order valence-electron chi connectivity index (χ2n) is 3.98. The van der Waals surface area contributed by atoms with E-state index in [1.807, 2.05) is 0 Å². The summed E-state index contributed by atoms with van der Waals surface area (Å²) in [5, 5.41) is 0. The van der Waals surface area contributed by atoms with Crippen molar-refractivity contribution in [1.82, 2.24) is 0 Å². The maximum atomic E-state index is 11.5. The molecule has 0 atom stereocenters. The van der Waals surface area contributed by atoms with Crippen LogP contribution in [0.25, 0.3) is 0 Å². The quantitative estimate of drug-likeness (QED) is 0.535. The Balaban J connectivity index is 4.32. The first kappa shape index (κ1) is 14.7. The summed E-state index contributed by atoms with van der Waals surface area (Å²) in [6.07, 6.45) is 1.17. The lowest BCUT2D eigenvalue weighted by atomic mass is 10.2. The summed E-state index contributed by atoms with van der Waals surface area (Å²) in [6, 6.07) is 0. The van der Waals surface area contributed by atoms with Crippen molar-refractivity contribution in [3.05, 3.63) is 11.6 Å². The maximum absolute atomic E-state index is 11.5. The van der Waals surface area contributed by atoms with Gasteiger partial charge in [0.15, 0.2) is 0 Å². The highest BCUT2D eigenvalue weighted by molar-refractivity contribution is 5.93. The molecule has 0 unspecified atom stereocenters. The molecule has 0 saturated carbocycles. The van der Waals surface area contributed by atoms with Crippen molar-refractivity contribution in [3.63, 3.8) is 0 Å². The van der Waals surface area contributed by atoms with Gasteiger partial charge in [-0.15, -0.1) is 0 Å². The Bertz CT molecular complexity index is 277. The van der Waals surface area contributed by atoms with E-state index < -0.39 is 11.9 Å². The van der Waals surface area contributed by atoms with E-state index in [1.165, 1.54) is 0 Å². The first-order chi connectivity index (χ1) is 7.36. The van der Waals surface area contributed by atoms with E-state index in [2.05, 4.69) is 0 Å². The molecule has 0 bridgehead atoms. The fraction of sp³-hybridized carbons (Fsp3) is 0.667. The summed E-state index contributed by atoms with van der Waals surface area (Å²) in [7, 11) is 0. The highest BCUT2D eigenvalue weighted by Gasteiger charge is 2.17. The van der Waals surface area contributed by atoms with Gasteiger partial charge in [0, 0.05) is 5.57 Å². The maximum Gasteiger partial charge on any atom is 0.334 e. The SMILES string of the molecule is CC=C(CC(=O)OC(C)C)C(=O)OC(C)C. The molecule has 0 spiro atoms. The summed E-state index contributed by atoms with van der Waals surface area (Å²) >= 11 is 0. The summed E-state index contributed by atoms with van der Waals surface area (Å²) in [5.41, 5.74) is 0.333. The van der Waals surface area contributed by atoms with Crippen molar-refractivity contribution >= 4 is 11.9 Å². The smallest absolute Gasteiger partial charge is 0.334 e. The van der Waals surface area contributed by atoms with Crippen LogP contribution in [0.3, 0.4) is 0 Å². The Labute approximate surface area is 96.6 Å². The Hall–Kier alpha value is -1.32. The summed E-state index contributed by atoms with van der Waals surface area (Å²) in [4.78, 5) is 22.8. The molecule has 4 heteroatoms. The number of carbonyl (C=O) groups excluding carboxylic acids is 2. The average molecular weight is 228 g/mol. The van der Waals surface area contributed by atoms with Crippen LogP contribution >= 0.6 is 0 Å². The van der Waals surface area contributed by atoms with Crippen molar-refractivity contribution < 1.29 is 19.1 Å². The molecule has 0 aromatic heterocycles. The molecule has 0 aliphatic rings. The molecule has 0 fully saturated rings. The second-order valence-corrected chi connectivity index (χ2v) is 3.98. The van der Waals surface area contributed by atoms with Gasteiger partial charge in [-0.1, -0.05) is 6.08 Å². The fourth-order valence-electron chi connectivity index (χ4n) is 1.04. The van der Waals surface area contributed by atoms with Crippen LogP contribution in [0.2, 0.25) is 0 Å². The Kier molecular flexibility index (Phi) is 6.46. The van der Waals surface area contributed by atoms with E-state index >= 15 is 0 Å². The number of hydrogen-bond acceptors (Lipinski definition) is 4. The third-order valence-electron chi connectivity index (χ3n) is 1.66. The molecule has 0 aliphatic carbocycles. The summed E-state index contributed by atoms with van der Waals surface area (Å²) in [6.45, 7) is 8.74. The molecule has 0 aliphatic heterocycles. The fourth-order valence-corrected chi connectivity index (χ4v) is 1.04. The minimum Gasteiger partial charge on any atom is -0.463 e. The lowest BCUT2D eigenvalue weighted by Crippen LogP contribution is -2.18. The zero-order valence-corrected chi connectivity index (χ0v) is 10.6. The second kappa shape index (κ2) is 7.04. The van der Waals surface area contributed by atoms with Gasteiger partial charge < -0.3 is 9.47 Å². The predicted octanol–water partition coefficient (Wildman–Crippen LogP) is 2.23. The van der Waals surface area contributed by atoms with Gasteiger partial charge in [0.2, 0.25) is 0 Å². The van der Waals surface area contributed by atoms with Crippen LogP contribution in [0, 0.1) is 0 Å². The lowest BCUT2D eigenvalue weighted by Gasteiger charge is -2.11. The van der Waals surface area contributed by atoms with Crippen LogP contribution in [-0.4, -0.2) is 24.1 Å². The Morgan fingerprint density at radius 1 is 1.06 bits per heavy atom. The van der Waals surface area contributed by atoms with Crippen LogP contribution < -0.4 is 0 Å². The molecule has 0 N–H and O–H groups in total. The summed E-state index contributed by atoms with van der Waals surface area (Å²) < 4.78 is 9.94. The molecule has 0 rings (SSSR count). The van der Waals surface area contributed by atoms with Gasteiger partial charge in [-0.25, -0.2) is 4.79 Å². The van der Waals surface area contributed by atoms with Gasteiger partial charge in [0.05, 0.1) is 18.6 Å². The molecule has 16 heavy (non-hydrogen) atoms. The van der Waals surface area contributed by atoms with E-state index in [0.717, 1.165) is 0 Å². The molecule has 0 aromatic rings. The monoisotopic (exact) mass is 228 g/mol. The van der Waals surface area contributed by atoms with Crippen molar-refractivity contribution in [1.29, 1.82) is 0 Å². The van der Waals surface area contributed by atoms with Gasteiger partial charge in [-0.3, -0.25) is 4.79 Å². The highest BCUT2D eigenvalue weighted by Crippen LogP contribution is 2.08. The van der Waals surface area contributed by atoms with Crippen LogP contribution in [0.1, 0.15) is 41.0 Å². The first-order valence-corrected chi connectivity index (χ1v) is 5.42. The zero-order valence-electron chi connectivity index (χ0n) is 10.6. The predicted molar refractivity (Wildman–Crippen MR) is 60.8 cm³/mol. The van der Waals surface area contributed by atoms with Gasteiger partial charge >= 0.3 is 11.9 Å². The molecule has 4 nitrogen and oxygen atoms in total. The lowest BCUT2D eigenvalue weighted by molar-refractivity contribution is -0.150. The van der Waals surface area contributed by atoms with Crippen molar-refractivity contribution in [2.45, 2.75) is 53.2 Å². The van der Waals surface area contributed by atoms with Gasteiger partial charge in [-0.2, -0.15) is 0 Å². The molecule has 0 heterocycles. The number of hydrogen-bond donors (Lipinski definition) is 0. The van der Waals surface area contributed by atoms with E-state index in [4.69, 9.17) is 9.47 Å². The Morgan fingerprint density at radius 2 is 1.56 bits per heavy atom. The normalized spacial score (nSPS) is 11.8. The molecule has 92 valence electrons. The zero-order chi connectivity index (χ0) is 12.7. The minimum atomic E-state index is -0.460. The van der Waals surface area contributed by atoms with E-state index in [9.17, 15) is 9.59 Å². The Morgan fingerprint density at radius 3 is 1.94 bits per heavy atom. The number of carbonyl (C=O) groups is 2. The van der Waals surface area contributed by atoms with Crippen LogP contribution in [0.4, 0.5) is 0 Å². The minimum absolute atomic E-state index is 0.0414. The molecular formula is C12H20O4. The highest BCUT2D eigenvalue weighted by atomic mass is 16.5. The number of ether oxygens (including phenoxy) is 2. The molecule has 0 saturated heterocycles. The standard InChI is InChI=1S/C12H20O4/c1-6-10(12(14)16-9(4)5)7-11(13)15-8(2)3/h6,8-9H,7H2,1-5H3. The van der Waals surface area contributed by atoms with Crippen molar-refractivity contribution in [2.24, 2.45) is 0 Å². The first-order valence-electron chi connectivity index (χ1n) is 5.42. The van der Waals surface area contributed by atoms with E-state index in [-0.39, 0.29) is 18.6 Å². The van der Waals surface area contributed by atoms with Crippen LogP contribution in [-0.2, 0) is 19.1 Å². The van der Waals surface area contributed by atoms with Gasteiger partial charge in [0.25, 0.3) is 0 Å².